The molecule has 2 aromatic carbocycles. The van der Waals surface area contributed by atoms with Gasteiger partial charge in [-0.2, -0.15) is 0 Å². The van der Waals surface area contributed by atoms with Crippen molar-refractivity contribution in [3.05, 3.63) is 69.2 Å². The second kappa shape index (κ2) is 6.18. The average molecular weight is 360 g/mol. The number of nitro groups is 1. The van der Waals surface area contributed by atoms with E-state index in [0.29, 0.717) is 6.42 Å². The molecule has 1 N–H and O–H groups in total. The number of nitrogens with zero attached hydrogens (tertiary/aromatic N) is 2. The largest absolute Gasteiger partial charge is 0.329 e. The van der Waals surface area contributed by atoms with Crippen LogP contribution in [0.15, 0.2) is 48.5 Å². The van der Waals surface area contributed by atoms with Crippen LogP contribution in [0.1, 0.15) is 12.5 Å². The van der Waals surface area contributed by atoms with Crippen LogP contribution in [-0.2, 0) is 11.2 Å². The highest BCUT2D eigenvalue weighted by Gasteiger charge is 2.49. The summed E-state index contributed by atoms with van der Waals surface area (Å²) in [6.07, 6.45) is 0.319. The number of carbonyl (C=O) groups is 2. The van der Waals surface area contributed by atoms with Gasteiger partial charge in [-0.15, -0.1) is 0 Å². The third-order valence-electron chi connectivity index (χ3n) is 4.04. The Balaban J connectivity index is 1.93. The lowest BCUT2D eigenvalue weighted by molar-refractivity contribution is -0.384. The number of benzene rings is 2. The van der Waals surface area contributed by atoms with Gasteiger partial charge in [-0.1, -0.05) is 41.9 Å². The summed E-state index contributed by atoms with van der Waals surface area (Å²) in [6.45, 7) is 1.64. The van der Waals surface area contributed by atoms with Crippen molar-refractivity contribution in [2.75, 3.05) is 4.90 Å². The van der Waals surface area contributed by atoms with Crippen molar-refractivity contribution >= 4 is 34.9 Å². The maximum absolute atomic E-state index is 12.9. The number of carbonyl (C=O) groups excluding carboxylic acids is 2. The molecule has 7 nitrogen and oxygen atoms in total. The Morgan fingerprint density at radius 2 is 1.88 bits per heavy atom. The van der Waals surface area contributed by atoms with E-state index in [9.17, 15) is 19.7 Å². The van der Waals surface area contributed by atoms with Gasteiger partial charge in [0.1, 0.15) is 5.54 Å². The van der Waals surface area contributed by atoms with Crippen LogP contribution in [0.5, 0.6) is 0 Å². The molecule has 0 aliphatic carbocycles. The number of amides is 3. The molecule has 0 radical (unpaired) electrons. The first-order valence-corrected chi connectivity index (χ1v) is 7.84. The molecular weight excluding hydrogens is 346 g/mol. The highest BCUT2D eigenvalue weighted by molar-refractivity contribution is 6.36. The quantitative estimate of drug-likeness (QED) is 0.515. The van der Waals surface area contributed by atoms with Gasteiger partial charge >= 0.3 is 6.03 Å². The van der Waals surface area contributed by atoms with Crippen LogP contribution in [0, 0.1) is 10.1 Å². The van der Waals surface area contributed by atoms with Crippen LogP contribution in [0.2, 0.25) is 5.02 Å². The van der Waals surface area contributed by atoms with Crippen molar-refractivity contribution in [1.82, 2.24) is 5.32 Å². The Hall–Kier alpha value is -2.93. The number of urea groups is 1. The Bertz CT molecular complexity index is 871. The molecule has 0 aromatic heterocycles. The molecule has 1 saturated heterocycles. The van der Waals surface area contributed by atoms with Gasteiger partial charge in [-0.05, 0) is 18.6 Å². The van der Waals surface area contributed by atoms with Gasteiger partial charge in [-0.25, -0.2) is 9.69 Å². The van der Waals surface area contributed by atoms with Gasteiger partial charge in [0.15, 0.2) is 0 Å². The number of anilines is 1. The van der Waals surface area contributed by atoms with E-state index in [0.717, 1.165) is 16.5 Å². The predicted molar refractivity (Wildman–Crippen MR) is 92.7 cm³/mol. The van der Waals surface area contributed by atoms with Gasteiger partial charge < -0.3 is 5.32 Å². The van der Waals surface area contributed by atoms with E-state index in [2.05, 4.69) is 5.32 Å². The summed E-state index contributed by atoms with van der Waals surface area (Å²) < 4.78 is 0. The molecule has 0 bridgehead atoms. The molecule has 1 fully saturated rings. The molecule has 1 heterocycles. The SMILES string of the molecule is C[C@]1(Cc2ccccc2)NC(=O)N(c2ccc([N+](=O)[O-])cc2Cl)C1=O. The third-order valence-corrected chi connectivity index (χ3v) is 4.35. The van der Waals surface area contributed by atoms with Gasteiger partial charge in [-0.3, -0.25) is 14.9 Å². The van der Waals surface area contributed by atoms with Crippen LogP contribution in [-0.4, -0.2) is 22.4 Å². The molecule has 0 saturated carbocycles. The Morgan fingerprint density at radius 3 is 2.48 bits per heavy atom. The highest BCUT2D eigenvalue weighted by atomic mass is 35.5. The summed E-state index contributed by atoms with van der Waals surface area (Å²) in [7, 11) is 0. The lowest BCUT2D eigenvalue weighted by Crippen LogP contribution is -2.46. The summed E-state index contributed by atoms with van der Waals surface area (Å²) in [5, 5.41) is 13.5. The second-order valence-corrected chi connectivity index (χ2v) is 6.37. The van der Waals surface area contributed by atoms with E-state index in [-0.39, 0.29) is 16.4 Å². The van der Waals surface area contributed by atoms with Crippen LogP contribution < -0.4 is 10.2 Å². The van der Waals surface area contributed by atoms with E-state index in [1.807, 2.05) is 30.3 Å². The standard InChI is InChI=1S/C17H14ClN3O4/c1-17(10-11-5-3-2-4-6-11)15(22)20(16(23)19-17)14-8-7-12(21(24)25)9-13(14)18/h2-9H,10H2,1H3,(H,19,23)/t17-/m1/s1. The molecule has 0 spiro atoms. The van der Waals surface area contributed by atoms with Crippen LogP contribution >= 0.6 is 11.6 Å². The van der Waals surface area contributed by atoms with Crippen molar-refractivity contribution in [2.45, 2.75) is 18.9 Å². The summed E-state index contributed by atoms with van der Waals surface area (Å²) in [5.74, 6) is -0.461. The van der Waals surface area contributed by atoms with Crippen molar-refractivity contribution in [3.8, 4) is 0 Å². The Labute approximate surface area is 148 Å². The number of imide groups is 1. The topological polar surface area (TPSA) is 92.6 Å². The monoisotopic (exact) mass is 359 g/mol. The van der Waals surface area contributed by atoms with Gasteiger partial charge in [0.2, 0.25) is 0 Å². The molecule has 8 heteroatoms. The predicted octanol–water partition coefficient (Wildman–Crippen LogP) is 3.31. The smallest absolute Gasteiger partial charge is 0.323 e. The van der Waals surface area contributed by atoms with Crippen LogP contribution in [0.25, 0.3) is 0 Å². The normalized spacial score (nSPS) is 19.8. The number of nitro benzene ring substituents is 1. The van der Waals surface area contributed by atoms with Crippen molar-refractivity contribution in [3.63, 3.8) is 0 Å². The first kappa shape index (κ1) is 16.9. The fourth-order valence-electron chi connectivity index (χ4n) is 2.82. The summed E-state index contributed by atoms with van der Waals surface area (Å²) >= 11 is 6.06. The van der Waals surface area contributed by atoms with Gasteiger partial charge in [0, 0.05) is 18.6 Å². The van der Waals surface area contributed by atoms with Crippen LogP contribution in [0.4, 0.5) is 16.2 Å². The fourth-order valence-corrected chi connectivity index (χ4v) is 3.08. The minimum absolute atomic E-state index is 0.0401. The third kappa shape index (κ3) is 3.06. The Morgan fingerprint density at radius 1 is 1.20 bits per heavy atom. The molecule has 1 aliphatic rings. The summed E-state index contributed by atoms with van der Waals surface area (Å²) in [4.78, 5) is 36.4. The molecule has 3 amide bonds. The second-order valence-electron chi connectivity index (χ2n) is 5.96. The maximum Gasteiger partial charge on any atom is 0.329 e. The van der Waals surface area contributed by atoms with Crippen LogP contribution in [0.3, 0.4) is 0 Å². The molecule has 128 valence electrons. The number of halogens is 1. The van der Waals surface area contributed by atoms with Crippen molar-refractivity contribution in [1.29, 1.82) is 0 Å². The fraction of sp³-hybridized carbons (Fsp3) is 0.176. The minimum atomic E-state index is -1.12. The van der Waals surface area contributed by atoms with Gasteiger partial charge in [0.25, 0.3) is 11.6 Å². The molecule has 2 aromatic rings. The Kier molecular flexibility index (Phi) is 4.18. The summed E-state index contributed by atoms with van der Waals surface area (Å²) in [5.41, 5.74) is -0.321. The van der Waals surface area contributed by atoms with E-state index in [1.165, 1.54) is 12.1 Å². The molecule has 25 heavy (non-hydrogen) atoms. The zero-order chi connectivity index (χ0) is 18.2. The maximum atomic E-state index is 12.9. The molecule has 1 atom stereocenters. The number of nitrogens with one attached hydrogen (secondary N) is 1. The van der Waals surface area contributed by atoms with Crippen molar-refractivity contribution < 1.29 is 14.5 Å². The molecule has 3 rings (SSSR count). The van der Waals surface area contributed by atoms with Crippen molar-refractivity contribution in [2.24, 2.45) is 0 Å². The highest BCUT2D eigenvalue weighted by Crippen LogP contribution is 2.34. The number of non-ortho nitro benzene ring substituents is 1. The minimum Gasteiger partial charge on any atom is -0.323 e. The zero-order valence-corrected chi connectivity index (χ0v) is 14.0. The average Bonchev–Trinajstić information content (AvgIpc) is 2.77. The van der Waals surface area contributed by atoms with E-state index < -0.39 is 22.4 Å². The molecule has 0 unspecified atom stereocenters. The first-order chi connectivity index (χ1) is 11.8. The van der Waals surface area contributed by atoms with E-state index >= 15 is 0 Å². The van der Waals surface area contributed by atoms with E-state index in [4.69, 9.17) is 11.6 Å². The number of hydrogen-bond acceptors (Lipinski definition) is 4. The van der Waals surface area contributed by atoms with Gasteiger partial charge in [0.05, 0.1) is 15.6 Å². The number of hydrogen-bond donors (Lipinski definition) is 1. The molecule has 1 aliphatic heterocycles. The molecular formula is C17H14ClN3O4. The summed E-state index contributed by atoms with van der Waals surface area (Å²) in [6, 6.07) is 12.3. The first-order valence-electron chi connectivity index (χ1n) is 7.46. The lowest BCUT2D eigenvalue weighted by atomic mass is 9.93. The number of rotatable bonds is 4. The lowest BCUT2D eigenvalue weighted by Gasteiger charge is -2.22. The van der Waals surface area contributed by atoms with E-state index in [1.54, 1.807) is 6.92 Å². The zero-order valence-electron chi connectivity index (χ0n) is 13.2.